The van der Waals surface area contributed by atoms with Gasteiger partial charge in [-0.25, -0.2) is 4.98 Å². The first-order chi connectivity index (χ1) is 11.2. The van der Waals surface area contributed by atoms with E-state index in [-0.39, 0.29) is 5.91 Å². The van der Waals surface area contributed by atoms with E-state index in [0.29, 0.717) is 28.7 Å². The average Bonchev–Trinajstić information content (AvgIpc) is 3.12. The van der Waals surface area contributed by atoms with Crippen LogP contribution >= 0.6 is 34.7 Å². The lowest BCUT2D eigenvalue weighted by molar-refractivity contribution is 0.0951. The first-order valence-electron chi connectivity index (χ1n) is 6.71. The van der Waals surface area contributed by atoms with E-state index in [2.05, 4.69) is 10.3 Å². The van der Waals surface area contributed by atoms with Crippen molar-refractivity contribution in [3.63, 3.8) is 0 Å². The molecule has 0 fully saturated rings. The van der Waals surface area contributed by atoms with Gasteiger partial charge in [-0.15, -0.1) is 11.3 Å². The third kappa shape index (κ3) is 3.34. The van der Waals surface area contributed by atoms with E-state index in [1.165, 1.54) is 11.3 Å². The van der Waals surface area contributed by atoms with Crippen LogP contribution in [0, 0.1) is 10.7 Å². The number of imidazole rings is 1. The van der Waals surface area contributed by atoms with Gasteiger partial charge in [0.1, 0.15) is 16.8 Å². The van der Waals surface area contributed by atoms with Crippen molar-refractivity contribution in [3.05, 3.63) is 46.6 Å². The summed E-state index contributed by atoms with van der Waals surface area (Å²) >= 11 is 8.50. The summed E-state index contributed by atoms with van der Waals surface area (Å²) in [4.78, 5) is 17.9. The van der Waals surface area contributed by atoms with Gasteiger partial charge in [0.25, 0.3) is 5.91 Å². The molecule has 2 heterocycles. The van der Waals surface area contributed by atoms with Gasteiger partial charge in [0.05, 0.1) is 0 Å². The number of hydrogen-bond donors (Lipinski definition) is 1. The molecule has 1 N–H and O–H groups in total. The highest BCUT2D eigenvalue weighted by molar-refractivity contribution is 8.03. The fourth-order valence-electron chi connectivity index (χ4n) is 2.16. The molecule has 0 bridgehead atoms. The van der Waals surface area contributed by atoms with E-state index in [9.17, 15) is 4.79 Å². The maximum atomic E-state index is 12.6. The normalized spacial score (nSPS) is 10.6. The summed E-state index contributed by atoms with van der Waals surface area (Å²) in [6.45, 7) is 0.425. The number of rotatable bonds is 5. The number of nitrogens with zero attached hydrogens (tertiary/aromatic N) is 3. The highest BCUT2D eigenvalue weighted by atomic mass is 35.5. The van der Waals surface area contributed by atoms with Crippen molar-refractivity contribution in [3.8, 4) is 16.7 Å². The molecule has 3 aromatic rings. The van der Waals surface area contributed by atoms with Crippen LogP contribution < -0.4 is 5.32 Å². The van der Waals surface area contributed by atoms with Crippen LogP contribution in [-0.4, -0.2) is 27.6 Å². The third-order valence-electron chi connectivity index (χ3n) is 3.15. The van der Waals surface area contributed by atoms with Gasteiger partial charge in [-0.2, -0.15) is 5.26 Å². The lowest BCUT2D eigenvalue weighted by Gasteiger charge is -2.06. The smallest absolute Gasteiger partial charge is 0.270 e. The summed E-state index contributed by atoms with van der Waals surface area (Å²) in [5.41, 5.74) is 1.95. The molecule has 2 aromatic heterocycles. The number of fused-ring (bicyclic) bond motifs is 1. The van der Waals surface area contributed by atoms with Crippen molar-refractivity contribution in [1.29, 1.82) is 5.26 Å². The van der Waals surface area contributed by atoms with Crippen LogP contribution in [0.1, 0.15) is 10.5 Å². The van der Waals surface area contributed by atoms with Gasteiger partial charge in [0, 0.05) is 34.5 Å². The molecule has 23 heavy (non-hydrogen) atoms. The molecule has 5 nitrogen and oxygen atoms in total. The number of amides is 1. The van der Waals surface area contributed by atoms with Gasteiger partial charge < -0.3 is 5.32 Å². The molecule has 0 unspecified atom stereocenters. The minimum absolute atomic E-state index is 0.209. The summed E-state index contributed by atoms with van der Waals surface area (Å²) in [5.74, 6) is 0.337. The van der Waals surface area contributed by atoms with Crippen LogP contribution in [0.25, 0.3) is 16.2 Å². The van der Waals surface area contributed by atoms with Crippen LogP contribution in [0.15, 0.2) is 35.8 Å². The molecule has 0 saturated carbocycles. The Morgan fingerprint density at radius 1 is 1.43 bits per heavy atom. The maximum Gasteiger partial charge on any atom is 0.270 e. The van der Waals surface area contributed by atoms with E-state index in [0.717, 1.165) is 22.3 Å². The zero-order valence-corrected chi connectivity index (χ0v) is 14.2. The van der Waals surface area contributed by atoms with Gasteiger partial charge in [0.15, 0.2) is 4.96 Å². The van der Waals surface area contributed by atoms with Gasteiger partial charge in [-0.3, -0.25) is 9.20 Å². The molecule has 0 radical (unpaired) electrons. The largest absolute Gasteiger partial charge is 0.350 e. The predicted octanol–water partition coefficient (Wildman–Crippen LogP) is 3.66. The van der Waals surface area contributed by atoms with Crippen molar-refractivity contribution in [2.75, 3.05) is 12.3 Å². The number of carbonyl (C=O) groups excluding carboxylic acids is 1. The second kappa shape index (κ2) is 7.04. The molecule has 0 aliphatic carbocycles. The topological polar surface area (TPSA) is 70.2 Å². The average molecular weight is 363 g/mol. The van der Waals surface area contributed by atoms with Gasteiger partial charge in [-0.05, 0) is 23.9 Å². The van der Waals surface area contributed by atoms with E-state index in [1.807, 2.05) is 29.1 Å². The molecule has 116 valence electrons. The third-order valence-corrected chi connectivity index (χ3v) is 4.70. The minimum Gasteiger partial charge on any atom is -0.350 e. The Balaban J connectivity index is 1.95. The fourth-order valence-corrected chi connectivity index (χ4v) is 3.29. The number of nitrogens with one attached hydrogen (secondary N) is 1. The lowest BCUT2D eigenvalue weighted by atomic mass is 10.1. The van der Waals surface area contributed by atoms with Gasteiger partial charge in [-0.1, -0.05) is 23.7 Å². The molecular weight excluding hydrogens is 352 g/mol. The Labute approximate surface area is 145 Å². The highest BCUT2D eigenvalue weighted by Crippen LogP contribution is 2.27. The standard InChI is InChI=1S/C15H11ClN4OS2/c16-11-3-1-10(2-4-11)12-13(14(21)18-5-7-22-9-17)20-6-8-23-15(20)19-12/h1-4,6,8H,5,7H2,(H,18,21). The number of thioether (sulfide) groups is 1. The fraction of sp³-hybridized carbons (Fsp3) is 0.133. The van der Waals surface area contributed by atoms with E-state index in [1.54, 1.807) is 16.5 Å². The lowest BCUT2D eigenvalue weighted by Crippen LogP contribution is -2.27. The molecule has 1 aromatic carbocycles. The number of thiocyanates is 1. The van der Waals surface area contributed by atoms with E-state index in [4.69, 9.17) is 16.9 Å². The summed E-state index contributed by atoms with van der Waals surface area (Å²) < 4.78 is 1.78. The number of halogens is 1. The van der Waals surface area contributed by atoms with E-state index >= 15 is 0 Å². The molecule has 1 amide bonds. The molecule has 0 aliphatic rings. The SMILES string of the molecule is N#CSCCNC(=O)c1c(-c2ccc(Cl)cc2)nc2sccn12. The molecule has 8 heteroatoms. The number of nitriles is 1. The Hall–Kier alpha value is -2.01. The Bertz CT molecular complexity index is 879. The first-order valence-corrected chi connectivity index (χ1v) is 8.95. The van der Waals surface area contributed by atoms with Crippen molar-refractivity contribution in [2.45, 2.75) is 0 Å². The van der Waals surface area contributed by atoms with Crippen LogP contribution in [-0.2, 0) is 0 Å². The summed E-state index contributed by atoms with van der Waals surface area (Å²) in [7, 11) is 0. The molecule has 0 spiro atoms. The number of benzene rings is 1. The first kappa shape index (κ1) is 15.9. The monoisotopic (exact) mass is 362 g/mol. The van der Waals surface area contributed by atoms with Crippen molar-refractivity contribution in [1.82, 2.24) is 14.7 Å². The molecule has 0 saturated heterocycles. The van der Waals surface area contributed by atoms with E-state index < -0.39 is 0 Å². The molecule has 0 aliphatic heterocycles. The van der Waals surface area contributed by atoms with Crippen LogP contribution in [0.2, 0.25) is 5.02 Å². The molecular formula is C15H11ClN4OS2. The van der Waals surface area contributed by atoms with Crippen molar-refractivity contribution < 1.29 is 4.79 Å². The Kier molecular flexibility index (Phi) is 4.86. The van der Waals surface area contributed by atoms with Crippen molar-refractivity contribution in [2.24, 2.45) is 0 Å². The summed E-state index contributed by atoms with van der Waals surface area (Å²) in [5, 5.41) is 15.9. The highest BCUT2D eigenvalue weighted by Gasteiger charge is 2.20. The number of thiazole rings is 1. The van der Waals surface area contributed by atoms with Crippen LogP contribution in [0.3, 0.4) is 0 Å². The summed E-state index contributed by atoms with van der Waals surface area (Å²) in [6.07, 6.45) is 1.82. The quantitative estimate of drug-likeness (QED) is 0.555. The zero-order valence-electron chi connectivity index (χ0n) is 11.8. The van der Waals surface area contributed by atoms with Gasteiger partial charge in [0.2, 0.25) is 0 Å². The zero-order chi connectivity index (χ0) is 16.2. The molecule has 0 atom stereocenters. The van der Waals surface area contributed by atoms with Crippen LogP contribution in [0.4, 0.5) is 0 Å². The second-order valence-electron chi connectivity index (χ2n) is 4.57. The summed E-state index contributed by atoms with van der Waals surface area (Å²) in [6, 6.07) is 7.24. The molecule has 3 rings (SSSR count). The predicted molar refractivity (Wildman–Crippen MR) is 93.9 cm³/mol. The minimum atomic E-state index is -0.209. The van der Waals surface area contributed by atoms with Crippen LogP contribution in [0.5, 0.6) is 0 Å². The number of carbonyl (C=O) groups is 1. The maximum absolute atomic E-state index is 12.6. The number of hydrogen-bond acceptors (Lipinski definition) is 5. The Morgan fingerprint density at radius 2 is 2.22 bits per heavy atom. The van der Waals surface area contributed by atoms with Gasteiger partial charge >= 0.3 is 0 Å². The Morgan fingerprint density at radius 3 is 2.96 bits per heavy atom. The van der Waals surface area contributed by atoms with Crippen molar-refractivity contribution >= 4 is 45.6 Å². The number of aromatic nitrogens is 2. The second-order valence-corrected chi connectivity index (χ2v) is 6.76.